The predicted molar refractivity (Wildman–Crippen MR) is 97.9 cm³/mol. The fourth-order valence-corrected chi connectivity index (χ4v) is 4.09. The van der Waals surface area contributed by atoms with Gasteiger partial charge in [-0.2, -0.15) is 0 Å². The summed E-state index contributed by atoms with van der Waals surface area (Å²) in [6.45, 7) is 2.81. The van der Waals surface area contributed by atoms with E-state index in [0.29, 0.717) is 6.54 Å². The molecule has 3 rings (SSSR count). The van der Waals surface area contributed by atoms with Crippen molar-refractivity contribution in [3.8, 4) is 0 Å². The Hall–Kier alpha value is -1.55. The molecule has 0 spiro atoms. The number of likely N-dealkylation sites (tertiary alicyclic amines) is 1. The molecule has 1 heterocycles. The number of urea groups is 1. The smallest absolute Gasteiger partial charge is 0.315 e. The number of carbonyl (C=O) groups excluding carboxylic acids is 1. The summed E-state index contributed by atoms with van der Waals surface area (Å²) in [5, 5.41) is 6.16. The second kappa shape index (κ2) is 9.07. The van der Waals surface area contributed by atoms with Crippen molar-refractivity contribution < 1.29 is 4.79 Å². The summed E-state index contributed by atoms with van der Waals surface area (Å²) in [6, 6.07) is 11.1. The topological polar surface area (TPSA) is 44.4 Å². The van der Waals surface area contributed by atoms with Gasteiger partial charge in [0.1, 0.15) is 0 Å². The number of benzene rings is 1. The van der Waals surface area contributed by atoms with Crippen LogP contribution in [0.5, 0.6) is 0 Å². The quantitative estimate of drug-likeness (QED) is 0.828. The van der Waals surface area contributed by atoms with Crippen molar-refractivity contribution in [3.63, 3.8) is 0 Å². The van der Waals surface area contributed by atoms with Gasteiger partial charge in [0.15, 0.2) is 0 Å². The molecule has 2 amide bonds. The number of nitrogens with zero attached hydrogens (tertiary/aromatic N) is 1. The molecule has 1 aliphatic carbocycles. The van der Waals surface area contributed by atoms with E-state index in [2.05, 4.69) is 15.5 Å². The minimum absolute atomic E-state index is 0.0356. The Labute approximate surface area is 146 Å². The van der Waals surface area contributed by atoms with E-state index in [9.17, 15) is 4.79 Å². The van der Waals surface area contributed by atoms with Gasteiger partial charge in [0, 0.05) is 25.2 Å². The first kappa shape index (κ1) is 17.3. The number of nitrogens with one attached hydrogen (secondary N) is 2. The summed E-state index contributed by atoms with van der Waals surface area (Å²) >= 11 is 0. The molecule has 1 aromatic carbocycles. The Morgan fingerprint density at radius 1 is 1.00 bits per heavy atom. The zero-order chi connectivity index (χ0) is 16.6. The monoisotopic (exact) mass is 329 g/mol. The highest BCUT2D eigenvalue weighted by atomic mass is 16.2. The molecule has 1 saturated carbocycles. The van der Waals surface area contributed by atoms with Crippen LogP contribution in [-0.2, 0) is 6.54 Å². The van der Waals surface area contributed by atoms with Crippen LogP contribution >= 0.6 is 0 Å². The van der Waals surface area contributed by atoms with Crippen molar-refractivity contribution in [3.05, 3.63) is 35.9 Å². The lowest BCUT2D eigenvalue weighted by atomic mass is 10.00. The lowest BCUT2D eigenvalue weighted by Gasteiger charge is -2.38. The van der Waals surface area contributed by atoms with Crippen LogP contribution in [0.15, 0.2) is 30.3 Å². The Bertz CT molecular complexity index is 497. The van der Waals surface area contributed by atoms with Crippen molar-refractivity contribution in [1.29, 1.82) is 0 Å². The Kier molecular flexibility index (Phi) is 6.53. The third-order valence-electron chi connectivity index (χ3n) is 5.43. The van der Waals surface area contributed by atoms with E-state index in [1.54, 1.807) is 0 Å². The number of piperidine rings is 1. The van der Waals surface area contributed by atoms with Gasteiger partial charge in [-0.3, -0.25) is 4.90 Å². The molecule has 2 N–H and O–H groups in total. The molecule has 2 aliphatic rings. The molecule has 132 valence electrons. The average Bonchev–Trinajstić information content (AvgIpc) is 2.91. The maximum absolute atomic E-state index is 12.2. The molecule has 1 unspecified atom stereocenters. The third kappa shape index (κ3) is 5.23. The summed E-state index contributed by atoms with van der Waals surface area (Å²) in [5.74, 6) is 0. The highest BCUT2D eigenvalue weighted by Crippen LogP contribution is 2.24. The largest absolute Gasteiger partial charge is 0.334 e. The number of hydrogen-bond donors (Lipinski definition) is 2. The van der Waals surface area contributed by atoms with E-state index < -0.39 is 0 Å². The van der Waals surface area contributed by atoms with Gasteiger partial charge in [0.05, 0.1) is 0 Å². The molecular formula is C20H31N3O. The molecule has 4 nitrogen and oxygen atoms in total. The fraction of sp³-hybridized carbons (Fsp3) is 0.650. The molecule has 0 bridgehead atoms. The first-order chi connectivity index (χ1) is 11.8. The molecule has 0 radical (unpaired) electrons. The highest BCUT2D eigenvalue weighted by molar-refractivity contribution is 5.74. The van der Waals surface area contributed by atoms with E-state index in [-0.39, 0.29) is 12.1 Å². The van der Waals surface area contributed by atoms with Gasteiger partial charge >= 0.3 is 6.03 Å². The number of carbonyl (C=O) groups is 1. The van der Waals surface area contributed by atoms with Gasteiger partial charge in [0.25, 0.3) is 0 Å². The third-order valence-corrected chi connectivity index (χ3v) is 5.43. The minimum atomic E-state index is -0.0356. The molecular weight excluding hydrogens is 298 g/mol. The maximum atomic E-state index is 12.2. The van der Waals surface area contributed by atoms with Crippen molar-refractivity contribution in [2.24, 2.45) is 0 Å². The summed E-state index contributed by atoms with van der Waals surface area (Å²) < 4.78 is 0. The second-order valence-corrected chi connectivity index (χ2v) is 7.29. The van der Waals surface area contributed by atoms with Crippen LogP contribution in [0.25, 0.3) is 0 Å². The maximum Gasteiger partial charge on any atom is 0.315 e. The number of hydrogen-bond acceptors (Lipinski definition) is 2. The molecule has 24 heavy (non-hydrogen) atoms. The normalized spacial score (nSPS) is 23.4. The van der Waals surface area contributed by atoms with Gasteiger partial charge in [-0.25, -0.2) is 4.79 Å². The molecule has 4 heteroatoms. The summed E-state index contributed by atoms with van der Waals surface area (Å²) in [4.78, 5) is 14.8. The van der Waals surface area contributed by atoms with Crippen LogP contribution in [0.3, 0.4) is 0 Å². The van der Waals surface area contributed by atoms with E-state index >= 15 is 0 Å². The second-order valence-electron chi connectivity index (χ2n) is 7.29. The summed E-state index contributed by atoms with van der Waals surface area (Å²) in [7, 11) is 0. The SMILES string of the molecule is O=C(NCc1ccccc1)NC1CCCN(C2CCCCCC2)C1. The molecule has 1 aliphatic heterocycles. The Morgan fingerprint density at radius 3 is 2.50 bits per heavy atom. The molecule has 1 saturated heterocycles. The van der Waals surface area contributed by atoms with Gasteiger partial charge in [-0.05, 0) is 37.8 Å². The van der Waals surface area contributed by atoms with Gasteiger partial charge in [-0.15, -0.1) is 0 Å². The van der Waals surface area contributed by atoms with Crippen LogP contribution in [-0.4, -0.2) is 36.1 Å². The Morgan fingerprint density at radius 2 is 1.75 bits per heavy atom. The van der Waals surface area contributed by atoms with E-state index in [0.717, 1.165) is 24.6 Å². The van der Waals surface area contributed by atoms with Crippen LogP contribution in [0.4, 0.5) is 4.79 Å². The summed E-state index contributed by atoms with van der Waals surface area (Å²) in [6.07, 6.45) is 10.5. The van der Waals surface area contributed by atoms with E-state index in [1.807, 2.05) is 30.3 Å². The highest BCUT2D eigenvalue weighted by Gasteiger charge is 2.27. The first-order valence-electron chi connectivity index (χ1n) is 9.63. The standard InChI is InChI=1S/C20H31N3O/c24-20(21-15-17-9-4-3-5-10-17)22-18-11-8-14-23(16-18)19-12-6-1-2-7-13-19/h3-5,9-10,18-19H,1-2,6-8,11-16H2,(H2,21,22,24). The summed E-state index contributed by atoms with van der Waals surface area (Å²) in [5.41, 5.74) is 1.14. The zero-order valence-electron chi connectivity index (χ0n) is 14.7. The van der Waals surface area contributed by atoms with Crippen LogP contribution in [0.2, 0.25) is 0 Å². The minimum Gasteiger partial charge on any atom is -0.334 e. The molecule has 2 fully saturated rings. The van der Waals surface area contributed by atoms with Crippen LogP contribution in [0.1, 0.15) is 56.9 Å². The fourth-order valence-electron chi connectivity index (χ4n) is 4.09. The molecule has 1 aromatic rings. The first-order valence-corrected chi connectivity index (χ1v) is 9.63. The Balaban J connectivity index is 1.43. The van der Waals surface area contributed by atoms with Gasteiger partial charge < -0.3 is 10.6 Å². The average molecular weight is 329 g/mol. The van der Waals surface area contributed by atoms with Crippen molar-refractivity contribution >= 4 is 6.03 Å². The zero-order valence-corrected chi connectivity index (χ0v) is 14.7. The van der Waals surface area contributed by atoms with Crippen molar-refractivity contribution in [2.45, 2.75) is 70.0 Å². The number of amides is 2. The van der Waals surface area contributed by atoms with E-state index in [1.165, 1.54) is 51.5 Å². The van der Waals surface area contributed by atoms with Crippen molar-refractivity contribution in [2.75, 3.05) is 13.1 Å². The lowest BCUT2D eigenvalue weighted by Crippen LogP contribution is -2.52. The molecule has 0 aromatic heterocycles. The van der Waals surface area contributed by atoms with Crippen molar-refractivity contribution in [1.82, 2.24) is 15.5 Å². The van der Waals surface area contributed by atoms with Gasteiger partial charge in [0.2, 0.25) is 0 Å². The predicted octanol–water partition coefficient (Wildman–Crippen LogP) is 3.67. The molecule has 1 atom stereocenters. The van der Waals surface area contributed by atoms with Crippen LogP contribution in [0, 0.1) is 0 Å². The lowest BCUT2D eigenvalue weighted by molar-refractivity contribution is 0.127. The van der Waals surface area contributed by atoms with Crippen LogP contribution < -0.4 is 10.6 Å². The van der Waals surface area contributed by atoms with E-state index in [4.69, 9.17) is 0 Å². The number of rotatable bonds is 4. The van der Waals surface area contributed by atoms with Gasteiger partial charge in [-0.1, -0.05) is 56.0 Å².